The van der Waals surface area contributed by atoms with Crippen molar-refractivity contribution in [3.63, 3.8) is 0 Å². The van der Waals surface area contributed by atoms with Crippen LogP contribution >= 0.6 is 15.9 Å². The number of carbonyl (C=O) groups excluding carboxylic acids is 1. The molecule has 0 aromatic carbocycles. The largest absolute Gasteiger partial charge is 0.449 e. The van der Waals surface area contributed by atoms with Gasteiger partial charge in [-0.2, -0.15) is 0 Å². The van der Waals surface area contributed by atoms with Crippen LogP contribution in [0.15, 0.2) is 11.5 Å². The van der Waals surface area contributed by atoms with Crippen LogP contribution in [-0.4, -0.2) is 17.9 Å². The molecule has 10 heavy (non-hydrogen) atoms. The van der Waals surface area contributed by atoms with Gasteiger partial charge in [0.05, 0.1) is 5.33 Å². The minimum atomic E-state index is -0.729. The normalized spacial score (nSPS) is 24.0. The van der Waals surface area contributed by atoms with Crippen molar-refractivity contribution >= 4 is 22.2 Å². The molecule has 1 atom stereocenters. The molecule has 1 heterocycles. The lowest BCUT2D eigenvalue weighted by Crippen LogP contribution is -2.09. The Hall–Kier alpha value is -0.510. The maximum Gasteiger partial charge on any atom is 0.297 e. The topological polar surface area (TPSA) is 35.5 Å². The molecule has 1 unspecified atom stereocenters. The zero-order valence-corrected chi connectivity index (χ0v) is 7.05. The molecule has 0 N–H and O–H groups in total. The van der Waals surface area contributed by atoms with Crippen molar-refractivity contribution in [1.82, 2.24) is 0 Å². The molecule has 56 valence electrons. The molecule has 0 fully saturated rings. The highest BCUT2D eigenvalue weighted by molar-refractivity contribution is 9.09. The zero-order chi connectivity index (χ0) is 7.56. The molecule has 4 heteroatoms. The number of aldehydes is 1. The molecule has 0 saturated heterocycles. The van der Waals surface area contributed by atoms with Gasteiger partial charge in [0.1, 0.15) is 11.5 Å². The number of carbonyl (C=O) groups is 1. The summed E-state index contributed by atoms with van der Waals surface area (Å²) in [4.78, 5) is 10.1. The van der Waals surface area contributed by atoms with Crippen LogP contribution in [0.1, 0.15) is 6.92 Å². The van der Waals surface area contributed by atoms with E-state index in [4.69, 9.17) is 9.47 Å². The minimum absolute atomic E-state index is 0.586. The first kappa shape index (κ1) is 7.60. The highest BCUT2D eigenvalue weighted by Crippen LogP contribution is 2.21. The monoisotopic (exact) mass is 206 g/mol. The fourth-order valence-corrected chi connectivity index (χ4v) is 1.20. The lowest BCUT2D eigenvalue weighted by molar-refractivity contribution is -0.130. The number of rotatable bonds is 2. The molecule has 0 saturated carbocycles. The molecular weight excluding hydrogens is 200 g/mol. The Labute approximate surface area is 67.1 Å². The fraction of sp³-hybridized carbons (Fsp3) is 0.500. The summed E-state index contributed by atoms with van der Waals surface area (Å²) in [6.45, 7) is 1.76. The van der Waals surface area contributed by atoms with Gasteiger partial charge in [0.2, 0.25) is 6.29 Å². The van der Waals surface area contributed by atoms with Crippen molar-refractivity contribution in [3.05, 3.63) is 11.5 Å². The molecule has 1 aliphatic heterocycles. The maximum atomic E-state index is 10.1. The first-order chi connectivity index (χ1) is 4.77. The third kappa shape index (κ3) is 1.31. The van der Waals surface area contributed by atoms with Crippen molar-refractivity contribution in [2.45, 2.75) is 13.2 Å². The van der Waals surface area contributed by atoms with Crippen LogP contribution in [0.2, 0.25) is 0 Å². The Bertz CT molecular complexity index is 176. The fourth-order valence-electron chi connectivity index (χ4n) is 0.668. The number of alkyl halides is 1. The molecule has 0 aliphatic carbocycles. The predicted octanol–water partition coefficient (Wildman–Crippen LogP) is 1.18. The molecule has 0 amide bonds. The molecular formula is C6H7BrO3. The van der Waals surface area contributed by atoms with E-state index >= 15 is 0 Å². The van der Waals surface area contributed by atoms with Crippen molar-refractivity contribution in [1.29, 1.82) is 0 Å². The Morgan fingerprint density at radius 1 is 1.70 bits per heavy atom. The third-order valence-corrected chi connectivity index (χ3v) is 1.69. The van der Waals surface area contributed by atoms with E-state index in [0.717, 1.165) is 0 Å². The van der Waals surface area contributed by atoms with Crippen LogP contribution in [0.3, 0.4) is 0 Å². The average Bonchev–Trinajstić information content (AvgIpc) is 2.30. The van der Waals surface area contributed by atoms with Gasteiger partial charge in [-0.25, -0.2) is 0 Å². The van der Waals surface area contributed by atoms with E-state index in [1.165, 1.54) is 0 Å². The number of hydrogen-bond donors (Lipinski definition) is 0. The van der Waals surface area contributed by atoms with Crippen molar-refractivity contribution in [2.24, 2.45) is 0 Å². The molecule has 0 aromatic heterocycles. The van der Waals surface area contributed by atoms with Gasteiger partial charge in [0.15, 0.2) is 0 Å². The number of allylic oxidation sites excluding steroid dienone is 2. The summed E-state index contributed by atoms with van der Waals surface area (Å²) < 4.78 is 9.99. The molecule has 0 radical (unpaired) electrons. The summed E-state index contributed by atoms with van der Waals surface area (Å²) >= 11 is 3.19. The van der Waals surface area contributed by atoms with E-state index in [1.54, 1.807) is 6.92 Å². The van der Waals surface area contributed by atoms with Crippen LogP contribution in [-0.2, 0) is 14.3 Å². The maximum absolute atomic E-state index is 10.1. The van der Waals surface area contributed by atoms with Gasteiger partial charge in [-0.3, -0.25) is 4.79 Å². The molecule has 0 spiro atoms. The number of halogens is 1. The Morgan fingerprint density at radius 3 is 2.70 bits per heavy atom. The van der Waals surface area contributed by atoms with E-state index in [-0.39, 0.29) is 0 Å². The highest BCUT2D eigenvalue weighted by Gasteiger charge is 2.22. The third-order valence-electron chi connectivity index (χ3n) is 1.18. The zero-order valence-electron chi connectivity index (χ0n) is 5.46. The Balaban J connectivity index is 2.58. The minimum Gasteiger partial charge on any atom is -0.449 e. The highest BCUT2D eigenvalue weighted by atomic mass is 79.9. The second-order valence-corrected chi connectivity index (χ2v) is 2.41. The molecule has 3 nitrogen and oxygen atoms in total. The van der Waals surface area contributed by atoms with Gasteiger partial charge in [-0.15, -0.1) is 0 Å². The van der Waals surface area contributed by atoms with Crippen LogP contribution in [0, 0.1) is 0 Å². The van der Waals surface area contributed by atoms with E-state index in [1.807, 2.05) is 0 Å². The van der Waals surface area contributed by atoms with Crippen molar-refractivity contribution < 1.29 is 14.3 Å². The first-order valence-corrected chi connectivity index (χ1v) is 3.94. The van der Waals surface area contributed by atoms with Crippen LogP contribution in [0.25, 0.3) is 0 Å². The van der Waals surface area contributed by atoms with E-state index in [9.17, 15) is 4.79 Å². The van der Waals surface area contributed by atoms with Gasteiger partial charge in [0, 0.05) is 0 Å². The SMILES string of the molecule is CC1=C(CBr)OC(C=O)O1. The van der Waals surface area contributed by atoms with Crippen LogP contribution < -0.4 is 0 Å². The first-order valence-electron chi connectivity index (χ1n) is 2.82. The van der Waals surface area contributed by atoms with Crippen molar-refractivity contribution in [3.8, 4) is 0 Å². The summed E-state index contributed by atoms with van der Waals surface area (Å²) in [6.07, 6.45) is -0.105. The van der Waals surface area contributed by atoms with Gasteiger partial charge in [-0.1, -0.05) is 15.9 Å². The Kier molecular flexibility index (Phi) is 2.32. The molecule has 1 rings (SSSR count). The molecule has 1 aliphatic rings. The predicted molar refractivity (Wildman–Crippen MR) is 38.5 cm³/mol. The van der Waals surface area contributed by atoms with Gasteiger partial charge in [-0.05, 0) is 6.92 Å². The second-order valence-electron chi connectivity index (χ2n) is 1.85. The number of ether oxygens (including phenoxy) is 2. The summed E-state index contributed by atoms with van der Waals surface area (Å²) in [5.74, 6) is 1.37. The summed E-state index contributed by atoms with van der Waals surface area (Å²) in [6, 6.07) is 0. The van der Waals surface area contributed by atoms with Crippen molar-refractivity contribution in [2.75, 3.05) is 5.33 Å². The van der Waals surface area contributed by atoms with Gasteiger partial charge < -0.3 is 9.47 Å². The summed E-state index contributed by atoms with van der Waals surface area (Å²) in [7, 11) is 0. The van der Waals surface area contributed by atoms with Crippen LogP contribution in [0.4, 0.5) is 0 Å². The lowest BCUT2D eigenvalue weighted by Gasteiger charge is -2.01. The van der Waals surface area contributed by atoms with Gasteiger partial charge in [0.25, 0.3) is 6.29 Å². The number of hydrogen-bond acceptors (Lipinski definition) is 3. The lowest BCUT2D eigenvalue weighted by atomic mass is 10.5. The van der Waals surface area contributed by atoms with E-state index < -0.39 is 6.29 Å². The Morgan fingerprint density at radius 2 is 2.40 bits per heavy atom. The second kappa shape index (κ2) is 3.05. The summed E-state index contributed by atoms with van der Waals surface area (Å²) in [5, 5.41) is 0.586. The van der Waals surface area contributed by atoms with Crippen LogP contribution in [0.5, 0.6) is 0 Å². The molecule has 0 aromatic rings. The smallest absolute Gasteiger partial charge is 0.297 e. The van der Waals surface area contributed by atoms with Gasteiger partial charge >= 0.3 is 0 Å². The standard InChI is InChI=1S/C6H7BrO3/c1-4-5(2-7)10-6(3-8)9-4/h3,6H,2H2,1H3. The van der Waals surface area contributed by atoms with E-state index in [2.05, 4.69) is 15.9 Å². The molecule has 0 bridgehead atoms. The quantitative estimate of drug-likeness (QED) is 0.503. The summed E-state index contributed by atoms with van der Waals surface area (Å²) in [5.41, 5.74) is 0. The average molecular weight is 207 g/mol. The van der Waals surface area contributed by atoms with E-state index in [0.29, 0.717) is 23.1 Å².